The van der Waals surface area contributed by atoms with Crippen LogP contribution in [-0.4, -0.2) is 51.0 Å². The van der Waals surface area contributed by atoms with Gasteiger partial charge in [-0.1, -0.05) is 5.16 Å². The Kier molecular flexibility index (Phi) is 5.29. The molecule has 1 amide bonds. The fourth-order valence-corrected chi connectivity index (χ4v) is 3.22. The maximum atomic E-state index is 12.8. The maximum Gasteiger partial charge on any atom is 0.257 e. The number of nitrogens with one attached hydrogen (secondary N) is 1. The molecule has 0 radical (unpaired) electrons. The SMILES string of the molecule is Cc1nn(C)c(N(C)C)c1-c1noc(C)c1C(=O)NCCCn1ccnc1. The lowest BCUT2D eigenvalue weighted by Crippen LogP contribution is -2.26. The van der Waals surface area contributed by atoms with Gasteiger partial charge in [0.25, 0.3) is 5.91 Å². The molecule has 0 saturated carbocycles. The van der Waals surface area contributed by atoms with Gasteiger partial charge in [-0.05, 0) is 20.3 Å². The van der Waals surface area contributed by atoms with Crippen LogP contribution in [0.25, 0.3) is 11.3 Å². The first-order valence-corrected chi connectivity index (χ1v) is 8.81. The molecule has 0 atom stereocenters. The summed E-state index contributed by atoms with van der Waals surface area (Å²) in [6.07, 6.45) is 6.20. The van der Waals surface area contributed by atoms with Gasteiger partial charge in [0.05, 0.1) is 17.6 Å². The Labute approximate surface area is 158 Å². The minimum Gasteiger partial charge on any atom is -0.362 e. The first kappa shape index (κ1) is 18.7. The van der Waals surface area contributed by atoms with Gasteiger partial charge in [0, 0.05) is 46.6 Å². The summed E-state index contributed by atoms with van der Waals surface area (Å²) in [4.78, 5) is 18.8. The molecule has 27 heavy (non-hydrogen) atoms. The van der Waals surface area contributed by atoms with Gasteiger partial charge in [-0.2, -0.15) is 5.10 Å². The van der Waals surface area contributed by atoms with Crippen LogP contribution in [0.2, 0.25) is 0 Å². The van der Waals surface area contributed by atoms with E-state index in [1.807, 2.05) is 43.7 Å². The number of amides is 1. The smallest absolute Gasteiger partial charge is 0.257 e. The summed E-state index contributed by atoms with van der Waals surface area (Å²) in [7, 11) is 5.74. The molecule has 3 rings (SSSR count). The Hall–Kier alpha value is -3.10. The molecule has 144 valence electrons. The van der Waals surface area contributed by atoms with Crippen LogP contribution in [0.15, 0.2) is 23.2 Å². The Bertz CT molecular complexity index is 922. The maximum absolute atomic E-state index is 12.8. The molecule has 0 aliphatic rings. The molecule has 3 heterocycles. The van der Waals surface area contributed by atoms with Gasteiger partial charge < -0.3 is 19.3 Å². The topological polar surface area (TPSA) is 94.0 Å². The predicted molar refractivity (Wildman–Crippen MR) is 102 cm³/mol. The Balaban J connectivity index is 1.80. The van der Waals surface area contributed by atoms with E-state index in [1.165, 1.54) is 0 Å². The van der Waals surface area contributed by atoms with Crippen molar-refractivity contribution in [2.75, 3.05) is 25.5 Å². The molecule has 9 heteroatoms. The molecular formula is C18H25N7O2. The monoisotopic (exact) mass is 371 g/mol. The van der Waals surface area contributed by atoms with E-state index in [1.54, 1.807) is 24.1 Å². The van der Waals surface area contributed by atoms with E-state index in [9.17, 15) is 4.79 Å². The molecule has 0 aliphatic carbocycles. The second kappa shape index (κ2) is 7.65. The number of imidazole rings is 1. The van der Waals surface area contributed by atoms with Crippen LogP contribution in [0.4, 0.5) is 5.82 Å². The van der Waals surface area contributed by atoms with E-state index in [2.05, 4.69) is 20.6 Å². The normalized spacial score (nSPS) is 11.0. The summed E-state index contributed by atoms with van der Waals surface area (Å²) in [6.45, 7) is 4.99. The molecule has 0 fully saturated rings. The van der Waals surface area contributed by atoms with Gasteiger partial charge in [-0.25, -0.2) is 4.98 Å². The summed E-state index contributed by atoms with van der Waals surface area (Å²) in [6, 6.07) is 0. The largest absolute Gasteiger partial charge is 0.362 e. The second-order valence-corrected chi connectivity index (χ2v) is 6.67. The highest BCUT2D eigenvalue weighted by atomic mass is 16.5. The zero-order chi connectivity index (χ0) is 19.6. The van der Waals surface area contributed by atoms with E-state index in [0.717, 1.165) is 30.0 Å². The van der Waals surface area contributed by atoms with Gasteiger partial charge in [0.15, 0.2) is 0 Å². The van der Waals surface area contributed by atoms with Crippen molar-refractivity contribution in [2.24, 2.45) is 7.05 Å². The number of nitrogens with zero attached hydrogens (tertiary/aromatic N) is 6. The van der Waals surface area contributed by atoms with E-state index in [0.29, 0.717) is 23.6 Å². The van der Waals surface area contributed by atoms with Crippen molar-refractivity contribution in [3.8, 4) is 11.3 Å². The molecule has 3 aromatic heterocycles. The number of aromatic nitrogens is 5. The summed E-state index contributed by atoms with van der Waals surface area (Å²) >= 11 is 0. The number of hydrogen-bond donors (Lipinski definition) is 1. The van der Waals surface area contributed by atoms with Crippen LogP contribution in [0.3, 0.4) is 0 Å². The Morgan fingerprint density at radius 1 is 1.33 bits per heavy atom. The molecule has 0 aliphatic heterocycles. The molecule has 0 aromatic carbocycles. The summed E-state index contributed by atoms with van der Waals surface area (Å²) in [5, 5.41) is 11.6. The third-order valence-electron chi connectivity index (χ3n) is 4.38. The van der Waals surface area contributed by atoms with Gasteiger partial charge in [-0.3, -0.25) is 9.48 Å². The lowest BCUT2D eigenvalue weighted by Gasteiger charge is -2.14. The third kappa shape index (κ3) is 3.71. The average molecular weight is 371 g/mol. The lowest BCUT2D eigenvalue weighted by atomic mass is 10.1. The molecular weight excluding hydrogens is 346 g/mol. The number of rotatable bonds is 7. The van der Waals surface area contributed by atoms with E-state index < -0.39 is 0 Å². The summed E-state index contributed by atoms with van der Waals surface area (Å²) in [5.41, 5.74) is 2.58. The van der Waals surface area contributed by atoms with Crippen molar-refractivity contribution in [3.63, 3.8) is 0 Å². The number of carbonyl (C=O) groups is 1. The summed E-state index contributed by atoms with van der Waals surface area (Å²) < 4.78 is 9.11. The van der Waals surface area contributed by atoms with Crippen molar-refractivity contribution in [3.05, 3.63) is 35.7 Å². The molecule has 0 saturated heterocycles. The number of carbonyl (C=O) groups excluding carboxylic acids is 1. The van der Waals surface area contributed by atoms with Crippen LogP contribution in [0.1, 0.15) is 28.2 Å². The predicted octanol–water partition coefficient (Wildman–Crippen LogP) is 1.77. The van der Waals surface area contributed by atoms with Gasteiger partial charge in [-0.15, -0.1) is 0 Å². The highest BCUT2D eigenvalue weighted by Crippen LogP contribution is 2.35. The highest BCUT2D eigenvalue weighted by Gasteiger charge is 2.27. The quantitative estimate of drug-likeness (QED) is 0.636. The minimum absolute atomic E-state index is 0.192. The van der Waals surface area contributed by atoms with E-state index >= 15 is 0 Å². The molecule has 0 unspecified atom stereocenters. The van der Waals surface area contributed by atoms with Crippen LogP contribution in [-0.2, 0) is 13.6 Å². The Morgan fingerprint density at radius 3 is 2.78 bits per heavy atom. The zero-order valence-corrected chi connectivity index (χ0v) is 16.4. The first-order chi connectivity index (χ1) is 12.9. The fraction of sp³-hybridized carbons (Fsp3) is 0.444. The number of anilines is 1. The van der Waals surface area contributed by atoms with Gasteiger partial charge in [0.2, 0.25) is 0 Å². The average Bonchev–Trinajstić information content (AvgIpc) is 3.30. The number of aryl methyl sites for hydroxylation is 4. The van der Waals surface area contributed by atoms with E-state index in [-0.39, 0.29) is 5.91 Å². The first-order valence-electron chi connectivity index (χ1n) is 8.81. The van der Waals surface area contributed by atoms with Crippen LogP contribution in [0.5, 0.6) is 0 Å². The fourth-order valence-electron chi connectivity index (χ4n) is 3.22. The van der Waals surface area contributed by atoms with Crippen molar-refractivity contribution < 1.29 is 9.32 Å². The van der Waals surface area contributed by atoms with Gasteiger partial charge in [0.1, 0.15) is 22.8 Å². The van der Waals surface area contributed by atoms with Crippen LogP contribution < -0.4 is 10.2 Å². The molecule has 0 spiro atoms. The number of hydrogen-bond acceptors (Lipinski definition) is 6. The molecule has 3 aromatic rings. The van der Waals surface area contributed by atoms with Crippen molar-refractivity contribution in [2.45, 2.75) is 26.8 Å². The van der Waals surface area contributed by atoms with Crippen LogP contribution in [0, 0.1) is 13.8 Å². The van der Waals surface area contributed by atoms with E-state index in [4.69, 9.17) is 4.52 Å². The standard InChI is InChI=1S/C18H25N7O2/c1-12-14(18(23(3)4)24(5)21-12)16-15(13(2)27-22-16)17(26)20-7-6-9-25-10-8-19-11-25/h8,10-11H,6-7,9H2,1-5H3,(H,20,26). The summed E-state index contributed by atoms with van der Waals surface area (Å²) in [5.74, 6) is 1.17. The zero-order valence-electron chi connectivity index (χ0n) is 16.4. The molecule has 9 nitrogen and oxygen atoms in total. The van der Waals surface area contributed by atoms with Crippen LogP contribution >= 0.6 is 0 Å². The molecule has 1 N–H and O–H groups in total. The lowest BCUT2D eigenvalue weighted by molar-refractivity contribution is 0.0952. The van der Waals surface area contributed by atoms with Gasteiger partial charge >= 0.3 is 0 Å². The Morgan fingerprint density at radius 2 is 2.11 bits per heavy atom. The second-order valence-electron chi connectivity index (χ2n) is 6.67. The highest BCUT2D eigenvalue weighted by molar-refractivity contribution is 6.02. The van der Waals surface area contributed by atoms with Crippen molar-refractivity contribution in [1.29, 1.82) is 0 Å². The van der Waals surface area contributed by atoms with Crippen molar-refractivity contribution in [1.82, 2.24) is 29.8 Å². The molecule has 0 bridgehead atoms. The minimum atomic E-state index is -0.192. The van der Waals surface area contributed by atoms with Crippen molar-refractivity contribution >= 4 is 11.7 Å². The third-order valence-corrected chi connectivity index (χ3v) is 4.38.